The summed E-state index contributed by atoms with van der Waals surface area (Å²) in [5.41, 5.74) is 5.31. The minimum atomic E-state index is -0.612. The molecular weight excluding hydrogens is 489 g/mol. The maximum Gasteiger partial charge on any atom is 0.329 e. The molecule has 0 atom stereocenters. The maximum atomic E-state index is 14.7. The molecule has 10 nitrogen and oxygen atoms in total. The summed E-state index contributed by atoms with van der Waals surface area (Å²) in [6, 6.07) is 17.2. The van der Waals surface area contributed by atoms with Crippen molar-refractivity contribution in [2.45, 2.75) is 27.3 Å². The van der Waals surface area contributed by atoms with Crippen LogP contribution in [0, 0.1) is 11.2 Å². The maximum absolute atomic E-state index is 14.7. The Morgan fingerprint density at radius 2 is 1.84 bits per heavy atom. The first-order valence-corrected chi connectivity index (χ1v) is 11.8. The number of rotatable bonds is 7. The van der Waals surface area contributed by atoms with E-state index in [1.807, 2.05) is 24.3 Å². The van der Waals surface area contributed by atoms with Gasteiger partial charge < -0.3 is 9.36 Å². The molecule has 0 aliphatic heterocycles. The standard InChI is InChI=1S/C27H24FN7O3/c1-27(2,3)26(36)38-30-16-17-7-6-8-19(15-17)24-31-25(37-33-24)22-23(18-11-13-29-14-12-18)35(34-32-22)21-10-5-4-9-20(21)28/h4-15,30H,16H2,1-3H3. The van der Waals surface area contributed by atoms with Gasteiger partial charge in [0.15, 0.2) is 5.69 Å². The van der Waals surface area contributed by atoms with Gasteiger partial charge in [0.05, 0.1) is 12.0 Å². The van der Waals surface area contributed by atoms with Crippen molar-refractivity contribution in [2.75, 3.05) is 0 Å². The van der Waals surface area contributed by atoms with E-state index in [1.165, 1.54) is 10.7 Å². The number of nitrogens with zero attached hydrogens (tertiary/aromatic N) is 6. The molecule has 38 heavy (non-hydrogen) atoms. The third-order valence-electron chi connectivity index (χ3n) is 5.57. The third-order valence-corrected chi connectivity index (χ3v) is 5.57. The normalized spacial score (nSPS) is 11.5. The summed E-state index contributed by atoms with van der Waals surface area (Å²) in [5, 5.41) is 12.6. The highest BCUT2D eigenvalue weighted by atomic mass is 19.1. The molecule has 0 radical (unpaired) electrons. The molecule has 0 aliphatic carbocycles. The molecule has 192 valence electrons. The van der Waals surface area contributed by atoms with Crippen molar-refractivity contribution in [3.63, 3.8) is 0 Å². The highest BCUT2D eigenvalue weighted by Crippen LogP contribution is 2.32. The van der Waals surface area contributed by atoms with E-state index in [4.69, 9.17) is 9.36 Å². The van der Waals surface area contributed by atoms with Crippen LogP contribution in [0.25, 0.3) is 39.9 Å². The molecule has 0 unspecified atom stereocenters. The molecule has 0 spiro atoms. The molecule has 3 heterocycles. The topological polar surface area (TPSA) is 121 Å². The minimum absolute atomic E-state index is 0.122. The van der Waals surface area contributed by atoms with Gasteiger partial charge in [-0.2, -0.15) is 4.98 Å². The number of pyridine rings is 1. The number of carbonyl (C=O) groups is 1. The van der Waals surface area contributed by atoms with Gasteiger partial charge in [-0.15, -0.1) is 10.6 Å². The van der Waals surface area contributed by atoms with Crippen molar-refractivity contribution in [1.29, 1.82) is 0 Å². The summed E-state index contributed by atoms with van der Waals surface area (Å²) in [5.74, 6) is -0.360. The summed E-state index contributed by atoms with van der Waals surface area (Å²) in [7, 11) is 0. The zero-order valence-electron chi connectivity index (χ0n) is 20.9. The number of hydroxylamine groups is 1. The average Bonchev–Trinajstić information content (AvgIpc) is 3.57. The van der Waals surface area contributed by atoms with Crippen LogP contribution < -0.4 is 5.48 Å². The molecule has 3 aromatic heterocycles. The van der Waals surface area contributed by atoms with Crippen LogP contribution in [0.4, 0.5) is 4.39 Å². The van der Waals surface area contributed by atoms with Crippen LogP contribution in [0.15, 0.2) is 77.6 Å². The number of benzene rings is 2. The predicted molar refractivity (Wildman–Crippen MR) is 136 cm³/mol. The van der Waals surface area contributed by atoms with Gasteiger partial charge in [0.25, 0.3) is 5.89 Å². The van der Waals surface area contributed by atoms with E-state index < -0.39 is 11.2 Å². The van der Waals surface area contributed by atoms with Crippen LogP contribution in [0.1, 0.15) is 26.3 Å². The molecule has 5 rings (SSSR count). The first-order valence-electron chi connectivity index (χ1n) is 11.8. The lowest BCUT2D eigenvalue weighted by Crippen LogP contribution is -2.29. The lowest BCUT2D eigenvalue weighted by molar-refractivity contribution is -0.161. The monoisotopic (exact) mass is 513 g/mol. The van der Waals surface area contributed by atoms with E-state index in [1.54, 1.807) is 63.5 Å². The second-order valence-electron chi connectivity index (χ2n) is 9.47. The SMILES string of the molecule is CC(C)(C)C(=O)ONCc1cccc(-c2noc(-c3nnn(-c4ccccc4F)c3-c3ccncc3)n2)c1. The van der Waals surface area contributed by atoms with Gasteiger partial charge in [-0.3, -0.25) is 4.98 Å². The van der Waals surface area contributed by atoms with Crippen LogP contribution in [-0.2, 0) is 16.2 Å². The Morgan fingerprint density at radius 1 is 1.05 bits per heavy atom. The molecule has 11 heteroatoms. The van der Waals surface area contributed by atoms with E-state index in [2.05, 4.69) is 30.9 Å². The Bertz CT molecular complexity index is 1580. The highest BCUT2D eigenvalue weighted by molar-refractivity contribution is 5.76. The Kier molecular flexibility index (Phi) is 6.75. The Morgan fingerprint density at radius 3 is 2.61 bits per heavy atom. The lowest BCUT2D eigenvalue weighted by atomic mass is 9.98. The van der Waals surface area contributed by atoms with Crippen molar-refractivity contribution >= 4 is 5.97 Å². The van der Waals surface area contributed by atoms with Gasteiger partial charge in [0.1, 0.15) is 17.2 Å². The number of halogens is 1. The van der Waals surface area contributed by atoms with E-state index in [-0.39, 0.29) is 17.5 Å². The van der Waals surface area contributed by atoms with Crippen LogP contribution >= 0.6 is 0 Å². The second-order valence-corrected chi connectivity index (χ2v) is 9.47. The molecule has 0 fully saturated rings. The van der Waals surface area contributed by atoms with E-state index >= 15 is 0 Å². The van der Waals surface area contributed by atoms with Gasteiger partial charge in [-0.05, 0) is 56.7 Å². The Hall–Kier alpha value is -4.77. The van der Waals surface area contributed by atoms with E-state index in [9.17, 15) is 9.18 Å². The molecular formula is C27H24FN7O3. The van der Waals surface area contributed by atoms with Crippen LogP contribution in [0.3, 0.4) is 0 Å². The fourth-order valence-electron chi connectivity index (χ4n) is 3.58. The Labute approximate surface area is 217 Å². The number of para-hydroxylation sites is 1. The van der Waals surface area contributed by atoms with Gasteiger partial charge in [-0.25, -0.2) is 13.9 Å². The smallest absolute Gasteiger partial charge is 0.329 e. The summed E-state index contributed by atoms with van der Waals surface area (Å²) in [6.45, 7) is 5.63. The number of carbonyl (C=O) groups excluding carboxylic acids is 1. The van der Waals surface area contributed by atoms with Crippen molar-refractivity contribution in [2.24, 2.45) is 5.41 Å². The highest BCUT2D eigenvalue weighted by Gasteiger charge is 2.25. The molecule has 0 saturated carbocycles. The Balaban J connectivity index is 1.45. The van der Waals surface area contributed by atoms with Crippen LogP contribution in [-0.4, -0.2) is 36.1 Å². The average molecular weight is 514 g/mol. The molecule has 0 aliphatic rings. The molecule has 0 amide bonds. The summed E-state index contributed by atoms with van der Waals surface area (Å²) in [4.78, 5) is 25.7. The zero-order chi connectivity index (χ0) is 26.7. The van der Waals surface area contributed by atoms with Crippen molar-refractivity contribution in [3.05, 3.63) is 84.4 Å². The summed E-state index contributed by atoms with van der Waals surface area (Å²) < 4.78 is 21.6. The second kappa shape index (κ2) is 10.3. The van der Waals surface area contributed by atoms with E-state index in [0.717, 1.165) is 5.56 Å². The fraction of sp³-hybridized carbons (Fsp3) is 0.185. The molecule has 1 N–H and O–H groups in total. The van der Waals surface area contributed by atoms with Gasteiger partial charge in [-0.1, -0.05) is 40.7 Å². The van der Waals surface area contributed by atoms with Gasteiger partial charge >= 0.3 is 5.97 Å². The number of hydrogen-bond donors (Lipinski definition) is 1. The molecule has 5 aromatic rings. The van der Waals surface area contributed by atoms with Crippen molar-refractivity contribution in [3.8, 4) is 39.9 Å². The summed E-state index contributed by atoms with van der Waals surface area (Å²) in [6.07, 6.45) is 3.24. The zero-order valence-corrected chi connectivity index (χ0v) is 20.9. The number of nitrogens with one attached hydrogen (secondary N) is 1. The number of hydrogen-bond acceptors (Lipinski definition) is 9. The molecule has 0 saturated heterocycles. The lowest BCUT2D eigenvalue weighted by Gasteiger charge is -2.16. The van der Waals surface area contributed by atoms with E-state index in [0.29, 0.717) is 34.9 Å². The fourth-order valence-corrected chi connectivity index (χ4v) is 3.58. The van der Waals surface area contributed by atoms with Crippen molar-refractivity contribution < 1.29 is 18.5 Å². The van der Waals surface area contributed by atoms with Crippen LogP contribution in [0.2, 0.25) is 0 Å². The largest absolute Gasteiger partial charge is 0.370 e. The van der Waals surface area contributed by atoms with Gasteiger partial charge in [0.2, 0.25) is 5.82 Å². The first kappa shape index (κ1) is 24.9. The quantitative estimate of drug-likeness (QED) is 0.307. The predicted octanol–water partition coefficient (Wildman–Crippen LogP) is 4.78. The van der Waals surface area contributed by atoms with Crippen molar-refractivity contribution in [1.82, 2.24) is 35.6 Å². The summed E-state index contributed by atoms with van der Waals surface area (Å²) >= 11 is 0. The number of aromatic nitrogens is 6. The minimum Gasteiger partial charge on any atom is -0.370 e. The van der Waals surface area contributed by atoms with Crippen LogP contribution in [0.5, 0.6) is 0 Å². The van der Waals surface area contributed by atoms with Gasteiger partial charge in [0, 0.05) is 23.5 Å². The first-order chi connectivity index (χ1) is 18.3. The molecule has 2 aromatic carbocycles. The molecule has 0 bridgehead atoms. The third kappa shape index (κ3) is 5.18.